The number of amides is 2. The maximum Gasteiger partial charge on any atom is 0.281 e. The van der Waals surface area contributed by atoms with Crippen molar-refractivity contribution in [1.29, 1.82) is 0 Å². The van der Waals surface area contributed by atoms with Crippen molar-refractivity contribution in [3.8, 4) is 5.75 Å². The maximum absolute atomic E-state index is 13.4. The van der Waals surface area contributed by atoms with Gasteiger partial charge < -0.3 is 19.5 Å². The van der Waals surface area contributed by atoms with Gasteiger partial charge in [0.15, 0.2) is 5.11 Å². The zero-order chi connectivity index (χ0) is 25.2. The van der Waals surface area contributed by atoms with Crippen LogP contribution >= 0.6 is 12.2 Å². The van der Waals surface area contributed by atoms with Gasteiger partial charge in [-0.3, -0.25) is 14.5 Å². The lowest BCUT2D eigenvalue weighted by Gasteiger charge is -2.16. The van der Waals surface area contributed by atoms with E-state index in [9.17, 15) is 9.59 Å². The smallest absolute Gasteiger partial charge is 0.281 e. The van der Waals surface area contributed by atoms with Gasteiger partial charge in [-0.1, -0.05) is 25.1 Å². The highest BCUT2D eigenvalue weighted by atomic mass is 32.1. The topological polar surface area (TPSA) is 66.8 Å². The van der Waals surface area contributed by atoms with E-state index in [1.807, 2.05) is 65.1 Å². The molecule has 1 aromatic heterocycles. The number of ether oxygens (including phenoxy) is 1. The van der Waals surface area contributed by atoms with Gasteiger partial charge >= 0.3 is 0 Å². The summed E-state index contributed by atoms with van der Waals surface area (Å²) in [7, 11) is 0. The molecule has 0 bridgehead atoms. The Morgan fingerprint density at radius 2 is 1.86 bits per heavy atom. The Hall–Kier alpha value is -3.65. The SMILES string of the molecule is CCOc1ccc(N2C(=O)/C(=C/c3cn(CC(=O)N4CCCC4)c4c(CC)cccc34)NC2=S)cc1. The van der Waals surface area contributed by atoms with E-state index in [1.165, 1.54) is 10.5 Å². The number of hydrogen-bond donors (Lipinski definition) is 1. The number of rotatable bonds is 7. The van der Waals surface area contributed by atoms with E-state index in [-0.39, 0.29) is 18.4 Å². The first-order valence-corrected chi connectivity index (χ1v) is 12.9. The van der Waals surface area contributed by atoms with Crippen molar-refractivity contribution in [2.45, 2.75) is 39.7 Å². The van der Waals surface area contributed by atoms with Crippen molar-refractivity contribution < 1.29 is 14.3 Å². The van der Waals surface area contributed by atoms with Crippen LogP contribution in [0, 0.1) is 0 Å². The number of carbonyl (C=O) groups excluding carboxylic acids is 2. The Bertz CT molecular complexity index is 1350. The first kappa shape index (κ1) is 24.1. The van der Waals surface area contributed by atoms with E-state index >= 15 is 0 Å². The van der Waals surface area contributed by atoms with Crippen LogP contribution in [0.5, 0.6) is 5.75 Å². The average molecular weight is 503 g/mol. The van der Waals surface area contributed by atoms with Gasteiger partial charge in [0.2, 0.25) is 5.91 Å². The van der Waals surface area contributed by atoms with Crippen LogP contribution in [0.15, 0.2) is 54.4 Å². The van der Waals surface area contributed by atoms with Gasteiger partial charge in [0, 0.05) is 30.2 Å². The predicted octanol–water partition coefficient (Wildman–Crippen LogP) is 4.49. The van der Waals surface area contributed by atoms with E-state index in [0.717, 1.165) is 54.6 Å². The highest BCUT2D eigenvalue weighted by Crippen LogP contribution is 2.30. The van der Waals surface area contributed by atoms with Gasteiger partial charge in [-0.25, -0.2) is 0 Å². The number of hydrogen-bond acceptors (Lipinski definition) is 4. The van der Waals surface area contributed by atoms with Crippen LogP contribution in [-0.2, 0) is 22.6 Å². The van der Waals surface area contributed by atoms with Crippen molar-refractivity contribution in [3.63, 3.8) is 0 Å². The van der Waals surface area contributed by atoms with Crippen LogP contribution in [0.4, 0.5) is 5.69 Å². The number of aromatic nitrogens is 1. The third-order valence-corrected chi connectivity index (χ3v) is 7.03. The van der Waals surface area contributed by atoms with E-state index in [1.54, 1.807) is 0 Å². The lowest BCUT2D eigenvalue weighted by molar-refractivity contribution is -0.130. The molecule has 3 aromatic rings. The van der Waals surface area contributed by atoms with Crippen LogP contribution in [-0.4, -0.2) is 46.1 Å². The summed E-state index contributed by atoms with van der Waals surface area (Å²) in [4.78, 5) is 29.7. The summed E-state index contributed by atoms with van der Waals surface area (Å²) in [6.07, 6.45) is 6.79. The standard InChI is InChI=1S/C28H30N4O3S/c1-3-19-8-7-9-23-20(17-31(26(19)23)18-25(33)30-14-5-6-15-30)16-24-27(34)32(28(36)29-24)21-10-12-22(13-11-21)35-4-2/h7-13,16-17H,3-6,14-15,18H2,1-2H3,(H,29,36)/b24-16-. The molecule has 36 heavy (non-hydrogen) atoms. The normalized spacial score (nSPS) is 16.9. The highest BCUT2D eigenvalue weighted by Gasteiger charge is 2.32. The molecule has 2 fully saturated rings. The fourth-order valence-electron chi connectivity index (χ4n) is 4.99. The molecule has 0 saturated carbocycles. The second kappa shape index (κ2) is 10.1. The molecule has 0 unspecified atom stereocenters. The third kappa shape index (κ3) is 4.48. The molecule has 2 saturated heterocycles. The predicted molar refractivity (Wildman–Crippen MR) is 146 cm³/mol. The Kier molecular flexibility index (Phi) is 6.78. The van der Waals surface area contributed by atoms with Gasteiger partial charge in [-0.2, -0.15) is 0 Å². The largest absolute Gasteiger partial charge is 0.494 e. The summed E-state index contributed by atoms with van der Waals surface area (Å²) in [6.45, 7) is 6.55. The number of benzene rings is 2. The molecular weight excluding hydrogens is 472 g/mol. The number of nitrogens with zero attached hydrogens (tertiary/aromatic N) is 3. The number of carbonyl (C=O) groups is 2. The minimum atomic E-state index is -0.218. The van der Waals surface area contributed by atoms with Crippen molar-refractivity contribution in [2.75, 3.05) is 24.6 Å². The zero-order valence-corrected chi connectivity index (χ0v) is 21.4. The summed E-state index contributed by atoms with van der Waals surface area (Å²) in [5.41, 5.74) is 4.16. The maximum atomic E-state index is 13.4. The van der Waals surface area contributed by atoms with Crippen LogP contribution in [0.3, 0.4) is 0 Å². The summed E-state index contributed by atoms with van der Waals surface area (Å²) in [5, 5.41) is 4.42. The summed E-state index contributed by atoms with van der Waals surface area (Å²) in [5.74, 6) is 0.655. The Labute approximate surface area is 216 Å². The molecule has 0 atom stereocenters. The minimum Gasteiger partial charge on any atom is -0.494 e. The minimum absolute atomic E-state index is 0.132. The van der Waals surface area contributed by atoms with Gasteiger partial charge in [0.25, 0.3) is 5.91 Å². The van der Waals surface area contributed by atoms with Crippen molar-refractivity contribution in [3.05, 3.63) is 65.5 Å². The fourth-order valence-corrected chi connectivity index (χ4v) is 5.28. The van der Waals surface area contributed by atoms with Crippen LogP contribution < -0.4 is 15.0 Å². The molecule has 3 heterocycles. The molecule has 0 spiro atoms. The molecule has 0 radical (unpaired) electrons. The van der Waals surface area contributed by atoms with Crippen LogP contribution in [0.2, 0.25) is 0 Å². The van der Waals surface area contributed by atoms with E-state index in [2.05, 4.69) is 18.3 Å². The van der Waals surface area contributed by atoms with E-state index in [0.29, 0.717) is 23.1 Å². The molecule has 1 N–H and O–H groups in total. The van der Waals surface area contributed by atoms with E-state index < -0.39 is 0 Å². The molecule has 2 aliphatic heterocycles. The number of aryl methyl sites for hydroxylation is 1. The lowest BCUT2D eigenvalue weighted by atomic mass is 10.1. The van der Waals surface area contributed by atoms with Crippen molar-refractivity contribution in [2.24, 2.45) is 0 Å². The first-order chi connectivity index (χ1) is 17.5. The molecule has 2 aliphatic rings. The molecular formula is C28H30N4O3S. The zero-order valence-electron chi connectivity index (χ0n) is 20.6. The number of thiocarbonyl (C=S) groups is 1. The van der Waals surface area contributed by atoms with Crippen molar-refractivity contribution in [1.82, 2.24) is 14.8 Å². The number of anilines is 1. The Balaban J connectivity index is 1.48. The number of nitrogens with one attached hydrogen (secondary N) is 1. The number of para-hydroxylation sites is 1. The highest BCUT2D eigenvalue weighted by molar-refractivity contribution is 7.80. The molecule has 2 amide bonds. The van der Waals surface area contributed by atoms with Crippen molar-refractivity contribution >= 4 is 51.8 Å². The summed E-state index contributed by atoms with van der Waals surface area (Å²) >= 11 is 5.50. The van der Waals surface area contributed by atoms with Gasteiger partial charge in [0.1, 0.15) is 18.0 Å². The van der Waals surface area contributed by atoms with Crippen LogP contribution in [0.25, 0.3) is 17.0 Å². The molecule has 186 valence electrons. The molecule has 5 rings (SSSR count). The Morgan fingerprint density at radius 3 is 2.56 bits per heavy atom. The number of fused-ring (bicyclic) bond motifs is 1. The summed E-state index contributed by atoms with van der Waals surface area (Å²) < 4.78 is 7.54. The Morgan fingerprint density at radius 1 is 1.11 bits per heavy atom. The first-order valence-electron chi connectivity index (χ1n) is 12.5. The van der Waals surface area contributed by atoms with Crippen LogP contribution in [0.1, 0.15) is 37.8 Å². The lowest BCUT2D eigenvalue weighted by Crippen LogP contribution is -2.30. The second-order valence-electron chi connectivity index (χ2n) is 9.02. The number of likely N-dealkylation sites (tertiary alicyclic amines) is 1. The van der Waals surface area contributed by atoms with Gasteiger partial charge in [-0.05, 0) is 74.3 Å². The molecule has 8 heteroatoms. The van der Waals surface area contributed by atoms with Gasteiger partial charge in [-0.15, -0.1) is 0 Å². The monoisotopic (exact) mass is 502 g/mol. The molecule has 0 aliphatic carbocycles. The quantitative estimate of drug-likeness (QED) is 0.381. The fraction of sp³-hybridized carbons (Fsp3) is 0.321. The summed E-state index contributed by atoms with van der Waals surface area (Å²) in [6, 6.07) is 13.5. The second-order valence-corrected chi connectivity index (χ2v) is 9.41. The average Bonchev–Trinajstić information content (AvgIpc) is 3.60. The molecule has 7 nitrogen and oxygen atoms in total. The van der Waals surface area contributed by atoms with Gasteiger partial charge in [0.05, 0.1) is 17.8 Å². The molecule has 2 aromatic carbocycles. The third-order valence-electron chi connectivity index (χ3n) is 6.74. The van der Waals surface area contributed by atoms with E-state index in [4.69, 9.17) is 17.0 Å².